The Morgan fingerprint density at radius 2 is 0.742 bits per heavy atom. The molecule has 0 radical (unpaired) electrons. The van der Waals surface area contributed by atoms with Gasteiger partial charge >= 0.3 is 11.9 Å². The minimum absolute atomic E-state index is 0.383. The van der Waals surface area contributed by atoms with Crippen molar-refractivity contribution < 1.29 is 19.1 Å². The maximum absolute atomic E-state index is 12.3. The average molecular weight is 441 g/mol. The number of hydrogen-bond donors (Lipinski definition) is 0. The number of esters is 2. The maximum Gasteiger partial charge on any atom is 0.322 e. The Morgan fingerprint density at radius 1 is 0.484 bits per heavy atom. The first-order valence-electron chi connectivity index (χ1n) is 13.3. The van der Waals surface area contributed by atoms with Crippen LogP contribution in [0.1, 0.15) is 143 Å². The van der Waals surface area contributed by atoms with E-state index in [-0.39, 0.29) is 0 Å². The van der Waals surface area contributed by atoms with Crippen molar-refractivity contribution in [3.05, 3.63) is 0 Å². The van der Waals surface area contributed by atoms with E-state index in [2.05, 4.69) is 13.8 Å². The predicted molar refractivity (Wildman–Crippen MR) is 130 cm³/mol. The lowest BCUT2D eigenvalue weighted by Gasteiger charge is -2.20. The van der Waals surface area contributed by atoms with E-state index in [0.717, 1.165) is 38.5 Å². The summed E-state index contributed by atoms with van der Waals surface area (Å²) in [7, 11) is 0. The molecule has 0 aliphatic heterocycles. The van der Waals surface area contributed by atoms with Gasteiger partial charge in [-0.25, -0.2) is 0 Å². The van der Waals surface area contributed by atoms with Crippen molar-refractivity contribution in [3.63, 3.8) is 0 Å². The fourth-order valence-electron chi connectivity index (χ4n) is 3.60. The standard InChI is InChI=1S/C27H52O4/c1-5-7-9-11-12-13-14-15-16-17-18-19-20-22-24-31-26(29)27(3,4)25(28)30-23-21-10-8-6-2/h5-24H2,1-4H3. The second-order valence-electron chi connectivity index (χ2n) is 9.55. The molecule has 0 fully saturated rings. The van der Waals surface area contributed by atoms with E-state index < -0.39 is 17.4 Å². The van der Waals surface area contributed by atoms with Gasteiger partial charge in [0, 0.05) is 0 Å². The smallest absolute Gasteiger partial charge is 0.322 e. The van der Waals surface area contributed by atoms with Crippen molar-refractivity contribution in [2.45, 2.75) is 143 Å². The largest absolute Gasteiger partial charge is 0.465 e. The molecule has 0 aromatic rings. The Bertz CT molecular complexity index is 431. The van der Waals surface area contributed by atoms with Crippen LogP contribution in [-0.2, 0) is 19.1 Å². The van der Waals surface area contributed by atoms with Crippen LogP contribution in [0.5, 0.6) is 0 Å². The number of rotatable bonds is 22. The zero-order valence-electron chi connectivity index (χ0n) is 21.3. The molecule has 0 saturated heterocycles. The Labute approximate surface area is 193 Å². The number of unbranched alkanes of at least 4 members (excludes halogenated alkanes) is 16. The summed E-state index contributed by atoms with van der Waals surface area (Å²) in [5.41, 5.74) is -1.22. The highest BCUT2D eigenvalue weighted by Gasteiger charge is 2.39. The highest BCUT2D eigenvalue weighted by molar-refractivity contribution is 5.99. The topological polar surface area (TPSA) is 52.6 Å². The Hall–Kier alpha value is -1.06. The van der Waals surface area contributed by atoms with Crippen LogP contribution in [0.2, 0.25) is 0 Å². The van der Waals surface area contributed by atoms with Crippen LogP contribution in [0.3, 0.4) is 0 Å². The van der Waals surface area contributed by atoms with Crippen molar-refractivity contribution in [1.29, 1.82) is 0 Å². The van der Waals surface area contributed by atoms with Crippen LogP contribution in [0, 0.1) is 5.41 Å². The minimum atomic E-state index is -1.22. The molecule has 0 aliphatic carbocycles. The van der Waals surface area contributed by atoms with Gasteiger partial charge < -0.3 is 9.47 Å². The SMILES string of the molecule is CCCCCCCCCCCCCCCCOC(=O)C(C)(C)C(=O)OCCCCCC. The van der Waals surface area contributed by atoms with Crippen LogP contribution >= 0.6 is 0 Å². The molecule has 0 aromatic carbocycles. The maximum atomic E-state index is 12.3. The molecule has 0 saturated carbocycles. The third-order valence-corrected chi connectivity index (χ3v) is 5.98. The lowest BCUT2D eigenvalue weighted by Crippen LogP contribution is -2.37. The molecule has 0 N–H and O–H groups in total. The van der Waals surface area contributed by atoms with Gasteiger partial charge in [-0.15, -0.1) is 0 Å². The summed E-state index contributed by atoms with van der Waals surface area (Å²) < 4.78 is 10.6. The van der Waals surface area contributed by atoms with Gasteiger partial charge in [0.15, 0.2) is 5.41 Å². The van der Waals surface area contributed by atoms with Gasteiger partial charge in [0.2, 0.25) is 0 Å². The highest BCUT2D eigenvalue weighted by atomic mass is 16.6. The summed E-state index contributed by atoms with van der Waals surface area (Å²) in [4.78, 5) is 24.4. The zero-order valence-corrected chi connectivity index (χ0v) is 21.3. The second-order valence-corrected chi connectivity index (χ2v) is 9.55. The van der Waals surface area contributed by atoms with Crippen LogP contribution in [0.15, 0.2) is 0 Å². The molecule has 31 heavy (non-hydrogen) atoms. The van der Waals surface area contributed by atoms with Gasteiger partial charge in [-0.05, 0) is 26.7 Å². The monoisotopic (exact) mass is 440 g/mol. The first-order chi connectivity index (χ1) is 15.0. The first kappa shape index (κ1) is 29.9. The summed E-state index contributed by atoms with van der Waals surface area (Å²) in [5.74, 6) is -0.948. The molecule has 0 aromatic heterocycles. The molecule has 0 rings (SSSR count). The average Bonchev–Trinajstić information content (AvgIpc) is 2.75. The number of ether oxygens (including phenoxy) is 2. The van der Waals surface area contributed by atoms with Crippen molar-refractivity contribution in [2.75, 3.05) is 13.2 Å². The van der Waals surface area contributed by atoms with Crippen molar-refractivity contribution in [1.82, 2.24) is 0 Å². The van der Waals surface area contributed by atoms with E-state index in [9.17, 15) is 9.59 Å². The van der Waals surface area contributed by atoms with Gasteiger partial charge in [-0.2, -0.15) is 0 Å². The molecule has 0 amide bonds. The van der Waals surface area contributed by atoms with E-state index in [1.807, 2.05) is 0 Å². The molecule has 0 heterocycles. The molecule has 0 unspecified atom stereocenters. The van der Waals surface area contributed by atoms with Gasteiger partial charge in [-0.1, -0.05) is 117 Å². The third-order valence-electron chi connectivity index (χ3n) is 5.98. The first-order valence-corrected chi connectivity index (χ1v) is 13.3. The van der Waals surface area contributed by atoms with Gasteiger partial charge in [0.05, 0.1) is 13.2 Å². The van der Waals surface area contributed by atoms with Crippen LogP contribution in [0.4, 0.5) is 0 Å². The molecular formula is C27H52O4. The molecule has 0 atom stereocenters. The van der Waals surface area contributed by atoms with Gasteiger partial charge in [-0.3, -0.25) is 9.59 Å². The zero-order chi connectivity index (χ0) is 23.2. The van der Waals surface area contributed by atoms with Crippen molar-refractivity contribution >= 4 is 11.9 Å². The Morgan fingerprint density at radius 3 is 1.06 bits per heavy atom. The second kappa shape index (κ2) is 20.8. The fourth-order valence-corrected chi connectivity index (χ4v) is 3.60. The lowest BCUT2D eigenvalue weighted by atomic mass is 9.94. The van der Waals surface area contributed by atoms with Crippen LogP contribution in [0.25, 0.3) is 0 Å². The van der Waals surface area contributed by atoms with Gasteiger partial charge in [0.25, 0.3) is 0 Å². The van der Waals surface area contributed by atoms with Crippen LogP contribution in [-0.4, -0.2) is 25.2 Å². The summed E-state index contributed by atoms with van der Waals surface area (Å²) in [5, 5.41) is 0. The van der Waals surface area contributed by atoms with E-state index >= 15 is 0 Å². The number of carbonyl (C=O) groups is 2. The molecule has 0 aliphatic rings. The molecule has 4 heteroatoms. The predicted octanol–water partition coefficient (Wildman–Crippen LogP) is 8.16. The highest BCUT2D eigenvalue weighted by Crippen LogP contribution is 2.20. The minimum Gasteiger partial charge on any atom is -0.465 e. The number of hydrogen-bond acceptors (Lipinski definition) is 4. The number of carbonyl (C=O) groups excluding carboxylic acids is 2. The molecular weight excluding hydrogens is 388 g/mol. The molecule has 4 nitrogen and oxygen atoms in total. The van der Waals surface area contributed by atoms with E-state index in [4.69, 9.17) is 9.47 Å². The van der Waals surface area contributed by atoms with Crippen molar-refractivity contribution in [3.8, 4) is 0 Å². The normalized spacial score (nSPS) is 11.5. The molecule has 184 valence electrons. The summed E-state index contributed by atoms with van der Waals surface area (Å²) in [6.45, 7) is 8.37. The lowest BCUT2D eigenvalue weighted by molar-refractivity contribution is -0.169. The van der Waals surface area contributed by atoms with E-state index in [1.54, 1.807) is 13.8 Å². The summed E-state index contributed by atoms with van der Waals surface area (Å²) in [6, 6.07) is 0. The quantitative estimate of drug-likeness (QED) is 0.0967. The molecule has 0 bridgehead atoms. The van der Waals surface area contributed by atoms with Crippen molar-refractivity contribution in [2.24, 2.45) is 5.41 Å². The Kier molecular flexibility index (Phi) is 20.1. The molecule has 0 spiro atoms. The Balaban J connectivity index is 3.56. The summed E-state index contributed by atoms with van der Waals surface area (Å²) in [6.07, 6.45) is 22.4. The fraction of sp³-hybridized carbons (Fsp3) is 0.926. The van der Waals surface area contributed by atoms with Crippen LogP contribution < -0.4 is 0 Å². The van der Waals surface area contributed by atoms with E-state index in [1.165, 1.54) is 77.0 Å². The third kappa shape index (κ3) is 17.2. The van der Waals surface area contributed by atoms with E-state index in [0.29, 0.717) is 13.2 Å². The van der Waals surface area contributed by atoms with Gasteiger partial charge in [0.1, 0.15) is 0 Å². The summed E-state index contributed by atoms with van der Waals surface area (Å²) >= 11 is 0.